The van der Waals surface area contributed by atoms with Crippen molar-refractivity contribution < 1.29 is 19.1 Å². The molecule has 0 aromatic heterocycles. The van der Waals surface area contributed by atoms with E-state index in [9.17, 15) is 9.59 Å². The van der Waals surface area contributed by atoms with Crippen molar-refractivity contribution in [3.05, 3.63) is 59.7 Å². The van der Waals surface area contributed by atoms with Crippen molar-refractivity contribution in [3.63, 3.8) is 0 Å². The molecule has 2 aromatic rings. The predicted molar refractivity (Wildman–Crippen MR) is 102 cm³/mol. The highest BCUT2D eigenvalue weighted by molar-refractivity contribution is 5.97. The molecule has 1 N–H and O–H groups in total. The van der Waals surface area contributed by atoms with Crippen LogP contribution >= 0.6 is 0 Å². The molecule has 138 valence electrons. The molecule has 0 atom stereocenters. The summed E-state index contributed by atoms with van der Waals surface area (Å²) < 4.78 is 10.4. The van der Waals surface area contributed by atoms with Gasteiger partial charge in [0.2, 0.25) is 0 Å². The third kappa shape index (κ3) is 4.59. The van der Waals surface area contributed by atoms with E-state index in [0.717, 1.165) is 11.3 Å². The summed E-state index contributed by atoms with van der Waals surface area (Å²) in [5, 5.41) is 2.77. The van der Waals surface area contributed by atoms with Crippen molar-refractivity contribution in [2.75, 3.05) is 31.2 Å². The number of amides is 2. The molecule has 1 heterocycles. The van der Waals surface area contributed by atoms with Crippen molar-refractivity contribution >= 4 is 17.7 Å². The second-order valence-corrected chi connectivity index (χ2v) is 5.73. The van der Waals surface area contributed by atoms with Crippen LogP contribution in [-0.4, -0.2) is 38.3 Å². The third-order valence-corrected chi connectivity index (χ3v) is 3.94. The van der Waals surface area contributed by atoms with Gasteiger partial charge >= 0.3 is 6.09 Å². The average Bonchev–Trinajstić information content (AvgIpc) is 3.12. The molecule has 0 radical (unpaired) electrons. The molecule has 0 spiro atoms. The number of cyclic esters (lactones) is 1. The second kappa shape index (κ2) is 8.77. The van der Waals surface area contributed by atoms with E-state index in [2.05, 4.69) is 17.2 Å². The number of nitrogens with one attached hydrogen (secondary N) is 1. The first kappa shape index (κ1) is 18.3. The van der Waals surface area contributed by atoms with Gasteiger partial charge in [0.25, 0.3) is 5.91 Å². The largest absolute Gasteiger partial charge is 0.493 e. The molecule has 2 aromatic carbocycles. The number of carbonyl (C=O) groups excluding carboxylic acids is 2. The molecule has 1 fully saturated rings. The van der Waals surface area contributed by atoms with Gasteiger partial charge in [0.1, 0.15) is 12.4 Å². The zero-order chi connectivity index (χ0) is 19.1. The zero-order valence-electron chi connectivity index (χ0n) is 15.0. The maximum absolute atomic E-state index is 12.3. The van der Waals surface area contributed by atoms with E-state index < -0.39 is 0 Å². The lowest BCUT2D eigenvalue weighted by atomic mass is 10.2. The van der Waals surface area contributed by atoms with Crippen LogP contribution in [0.1, 0.15) is 22.8 Å². The normalized spacial score (nSPS) is 12.8. The molecular formula is C21H20N2O4. The summed E-state index contributed by atoms with van der Waals surface area (Å²) in [6, 6.07) is 14.4. The summed E-state index contributed by atoms with van der Waals surface area (Å²) in [7, 11) is 0. The Balaban J connectivity index is 1.56. The van der Waals surface area contributed by atoms with E-state index in [0.29, 0.717) is 31.1 Å². The maximum atomic E-state index is 12.3. The number of nitrogens with zero attached hydrogens (tertiary/aromatic N) is 1. The Morgan fingerprint density at radius 2 is 2.00 bits per heavy atom. The first-order valence-electron chi connectivity index (χ1n) is 8.72. The summed E-state index contributed by atoms with van der Waals surface area (Å²) in [6.45, 7) is 3.55. The summed E-state index contributed by atoms with van der Waals surface area (Å²) in [5.74, 6) is 6.24. The molecule has 0 aliphatic carbocycles. The maximum Gasteiger partial charge on any atom is 0.414 e. The van der Waals surface area contributed by atoms with Gasteiger partial charge in [-0.2, -0.15) is 0 Å². The van der Waals surface area contributed by atoms with Gasteiger partial charge in [-0.3, -0.25) is 9.69 Å². The number of benzene rings is 2. The Bertz CT molecular complexity index is 881. The van der Waals surface area contributed by atoms with Crippen LogP contribution in [-0.2, 0) is 4.74 Å². The Labute approximate surface area is 158 Å². The summed E-state index contributed by atoms with van der Waals surface area (Å²) in [6.07, 6.45) is -0.330. The van der Waals surface area contributed by atoms with Gasteiger partial charge in [-0.05, 0) is 43.3 Å². The minimum Gasteiger partial charge on any atom is -0.493 e. The van der Waals surface area contributed by atoms with Crippen LogP contribution in [0.5, 0.6) is 5.75 Å². The quantitative estimate of drug-likeness (QED) is 0.829. The lowest BCUT2D eigenvalue weighted by molar-refractivity contribution is 0.0955. The number of anilines is 1. The van der Waals surface area contributed by atoms with E-state index in [1.807, 2.05) is 37.3 Å². The second-order valence-electron chi connectivity index (χ2n) is 5.73. The fraction of sp³-hybridized carbons (Fsp3) is 0.238. The van der Waals surface area contributed by atoms with Crippen molar-refractivity contribution in [1.29, 1.82) is 0 Å². The standard InChI is InChI=1S/C21H20N2O4/c1-2-26-19-8-4-3-7-18(19)20(24)22-13-5-6-16-9-11-17(12-10-16)23-14-15-27-21(23)25/h3-4,7-12H,2,13-15H2,1H3,(H,22,24). The fourth-order valence-electron chi connectivity index (χ4n) is 2.65. The molecular weight excluding hydrogens is 344 g/mol. The van der Waals surface area contributed by atoms with Gasteiger partial charge in [-0.25, -0.2) is 4.79 Å². The van der Waals surface area contributed by atoms with Crippen molar-refractivity contribution in [2.45, 2.75) is 6.92 Å². The number of hydrogen-bond donors (Lipinski definition) is 1. The molecule has 0 unspecified atom stereocenters. The van der Waals surface area contributed by atoms with E-state index in [1.54, 1.807) is 23.1 Å². The fourth-order valence-corrected chi connectivity index (χ4v) is 2.65. The Morgan fingerprint density at radius 3 is 2.70 bits per heavy atom. The number of hydrogen-bond acceptors (Lipinski definition) is 4. The van der Waals surface area contributed by atoms with Crippen molar-refractivity contribution in [2.24, 2.45) is 0 Å². The van der Waals surface area contributed by atoms with Gasteiger partial charge in [0, 0.05) is 11.3 Å². The first-order valence-corrected chi connectivity index (χ1v) is 8.72. The molecule has 27 heavy (non-hydrogen) atoms. The van der Waals surface area contributed by atoms with Gasteiger partial charge in [-0.1, -0.05) is 24.0 Å². The van der Waals surface area contributed by atoms with Crippen LogP contribution in [0.25, 0.3) is 0 Å². The van der Waals surface area contributed by atoms with Crippen LogP contribution in [0.3, 0.4) is 0 Å². The lowest BCUT2D eigenvalue weighted by Gasteiger charge is -2.12. The Morgan fingerprint density at radius 1 is 1.22 bits per heavy atom. The molecule has 6 nitrogen and oxygen atoms in total. The Kier molecular flexibility index (Phi) is 5.95. The minimum atomic E-state index is -0.330. The van der Waals surface area contributed by atoms with Crippen LogP contribution in [0.2, 0.25) is 0 Å². The SMILES string of the molecule is CCOc1ccccc1C(=O)NCC#Cc1ccc(N2CCOC2=O)cc1. The van der Waals surface area contributed by atoms with Crippen LogP contribution < -0.4 is 15.0 Å². The highest BCUT2D eigenvalue weighted by Gasteiger charge is 2.23. The summed E-state index contributed by atoms with van der Waals surface area (Å²) in [4.78, 5) is 25.4. The van der Waals surface area contributed by atoms with E-state index in [1.165, 1.54) is 0 Å². The Hall–Kier alpha value is -3.46. The average molecular weight is 364 g/mol. The van der Waals surface area contributed by atoms with E-state index in [-0.39, 0.29) is 18.5 Å². The highest BCUT2D eigenvalue weighted by atomic mass is 16.6. The number of rotatable bonds is 5. The van der Waals surface area contributed by atoms with Crippen LogP contribution in [0.4, 0.5) is 10.5 Å². The van der Waals surface area contributed by atoms with E-state index in [4.69, 9.17) is 9.47 Å². The molecule has 3 rings (SSSR count). The molecule has 2 amide bonds. The molecule has 0 saturated carbocycles. The van der Waals surface area contributed by atoms with E-state index >= 15 is 0 Å². The molecule has 1 aliphatic heterocycles. The van der Waals surface area contributed by atoms with Crippen LogP contribution in [0.15, 0.2) is 48.5 Å². The molecule has 6 heteroatoms. The van der Waals surface area contributed by atoms with Crippen LogP contribution in [0, 0.1) is 11.8 Å². The van der Waals surface area contributed by atoms with Gasteiger partial charge in [0.05, 0.1) is 25.3 Å². The van der Waals surface area contributed by atoms with Gasteiger partial charge < -0.3 is 14.8 Å². The summed E-state index contributed by atoms with van der Waals surface area (Å²) in [5.41, 5.74) is 2.07. The molecule has 0 bridgehead atoms. The van der Waals surface area contributed by atoms with Gasteiger partial charge in [0.15, 0.2) is 0 Å². The topological polar surface area (TPSA) is 67.9 Å². The number of para-hydroxylation sites is 1. The molecule has 1 saturated heterocycles. The number of carbonyl (C=O) groups is 2. The highest BCUT2D eigenvalue weighted by Crippen LogP contribution is 2.19. The summed E-state index contributed by atoms with van der Waals surface area (Å²) >= 11 is 0. The lowest BCUT2D eigenvalue weighted by Crippen LogP contribution is -2.24. The first-order chi connectivity index (χ1) is 13.2. The van der Waals surface area contributed by atoms with Crippen molar-refractivity contribution in [1.82, 2.24) is 5.32 Å². The predicted octanol–water partition coefficient (Wildman–Crippen LogP) is 2.82. The minimum absolute atomic E-state index is 0.222. The smallest absolute Gasteiger partial charge is 0.414 e. The molecule has 1 aliphatic rings. The zero-order valence-corrected chi connectivity index (χ0v) is 15.0. The number of ether oxygens (including phenoxy) is 2. The van der Waals surface area contributed by atoms with Crippen molar-refractivity contribution in [3.8, 4) is 17.6 Å². The monoisotopic (exact) mass is 364 g/mol. The third-order valence-electron chi connectivity index (χ3n) is 3.94. The van der Waals surface area contributed by atoms with Gasteiger partial charge in [-0.15, -0.1) is 0 Å².